The van der Waals surface area contributed by atoms with Gasteiger partial charge in [0.1, 0.15) is 0 Å². The van der Waals surface area contributed by atoms with Crippen LogP contribution >= 0.6 is 0 Å². The molecule has 0 spiro atoms. The van der Waals surface area contributed by atoms with Crippen molar-refractivity contribution in [2.24, 2.45) is 0 Å². The van der Waals surface area contributed by atoms with Gasteiger partial charge in [0.15, 0.2) is 0 Å². The van der Waals surface area contributed by atoms with E-state index in [2.05, 4.69) is 60.1 Å². The molecule has 1 aromatic rings. The predicted octanol–water partition coefficient (Wildman–Crippen LogP) is 3.28. The second-order valence-electron chi connectivity index (χ2n) is 6.66. The van der Waals surface area contributed by atoms with Gasteiger partial charge in [-0.15, -0.1) is 0 Å². The van der Waals surface area contributed by atoms with Crippen LogP contribution in [0.1, 0.15) is 40.2 Å². The number of anilines is 1. The smallest absolute Gasteiger partial charge is 0.0871 e. The first kappa shape index (κ1) is 18.0. The normalized spacial score (nSPS) is 15.7. The van der Waals surface area contributed by atoms with Gasteiger partial charge in [0.25, 0.3) is 0 Å². The van der Waals surface area contributed by atoms with Crippen molar-refractivity contribution < 1.29 is 10.1 Å². The summed E-state index contributed by atoms with van der Waals surface area (Å²) in [6, 6.07) is 8.81. The lowest BCUT2D eigenvalue weighted by molar-refractivity contribution is -0.269. The zero-order valence-corrected chi connectivity index (χ0v) is 14.0. The molecule has 1 saturated heterocycles. The Morgan fingerprint density at radius 3 is 2.14 bits per heavy atom. The van der Waals surface area contributed by atoms with Crippen molar-refractivity contribution in [2.75, 3.05) is 31.1 Å². The standard InChI is InChI=1S/C14H22N2.C3H8O2/c1-14(2,3)12-6-4-5-7-13(12)16-10-8-15-9-11-16;1-3(2)5-4/h4-7,15H,8-11H2,1-3H3;3-4H,1-2H3. The van der Waals surface area contributed by atoms with Gasteiger partial charge in [0.05, 0.1) is 6.10 Å². The van der Waals surface area contributed by atoms with Crippen molar-refractivity contribution in [3.05, 3.63) is 29.8 Å². The van der Waals surface area contributed by atoms with Crippen LogP contribution in [-0.2, 0) is 10.3 Å². The van der Waals surface area contributed by atoms with Crippen molar-refractivity contribution in [3.63, 3.8) is 0 Å². The van der Waals surface area contributed by atoms with Crippen LogP contribution in [-0.4, -0.2) is 37.5 Å². The lowest BCUT2D eigenvalue weighted by Gasteiger charge is -2.34. The van der Waals surface area contributed by atoms with Gasteiger partial charge < -0.3 is 10.2 Å². The molecule has 1 heterocycles. The molecule has 21 heavy (non-hydrogen) atoms. The number of hydrogen-bond acceptors (Lipinski definition) is 4. The summed E-state index contributed by atoms with van der Waals surface area (Å²) in [6.45, 7) is 14.8. The van der Waals surface area contributed by atoms with Crippen LogP contribution in [0.15, 0.2) is 24.3 Å². The fourth-order valence-electron chi connectivity index (χ4n) is 2.29. The molecule has 4 heteroatoms. The minimum absolute atomic E-state index is 0.0602. The van der Waals surface area contributed by atoms with E-state index in [-0.39, 0.29) is 11.5 Å². The molecule has 120 valence electrons. The Morgan fingerprint density at radius 2 is 1.67 bits per heavy atom. The summed E-state index contributed by atoms with van der Waals surface area (Å²) in [6.07, 6.45) is -0.0602. The van der Waals surface area contributed by atoms with E-state index in [1.54, 1.807) is 13.8 Å². The molecule has 1 aliphatic rings. The van der Waals surface area contributed by atoms with Crippen molar-refractivity contribution >= 4 is 5.69 Å². The Balaban J connectivity index is 0.000000383. The second kappa shape index (κ2) is 8.37. The summed E-state index contributed by atoms with van der Waals surface area (Å²) in [5, 5.41) is 11.0. The quantitative estimate of drug-likeness (QED) is 0.649. The van der Waals surface area contributed by atoms with Crippen LogP contribution in [0, 0.1) is 0 Å². The molecule has 4 nitrogen and oxygen atoms in total. The average molecular weight is 294 g/mol. The SMILES string of the molecule is CC(C)(C)c1ccccc1N1CCNCC1.CC(C)OO. The molecule has 0 aromatic heterocycles. The number of piperazine rings is 1. The molecule has 0 saturated carbocycles. The van der Waals surface area contributed by atoms with E-state index in [1.165, 1.54) is 11.3 Å². The highest BCUT2D eigenvalue weighted by atomic mass is 17.1. The lowest BCUT2D eigenvalue weighted by Crippen LogP contribution is -2.44. The predicted molar refractivity (Wildman–Crippen MR) is 89.1 cm³/mol. The maximum absolute atomic E-state index is 7.64. The maximum Gasteiger partial charge on any atom is 0.0871 e. The first-order valence-corrected chi connectivity index (χ1v) is 7.71. The molecule has 0 radical (unpaired) electrons. The van der Waals surface area contributed by atoms with Crippen LogP contribution in [0.5, 0.6) is 0 Å². The molecule has 0 atom stereocenters. The second-order valence-corrected chi connectivity index (χ2v) is 6.66. The molecule has 1 aliphatic heterocycles. The van der Waals surface area contributed by atoms with E-state index in [9.17, 15) is 0 Å². The fourth-order valence-corrected chi connectivity index (χ4v) is 2.29. The highest BCUT2D eigenvalue weighted by molar-refractivity contribution is 5.56. The number of benzene rings is 1. The Morgan fingerprint density at radius 1 is 1.14 bits per heavy atom. The van der Waals surface area contributed by atoms with Crippen LogP contribution in [0.3, 0.4) is 0 Å². The zero-order chi connectivity index (χ0) is 15.9. The molecule has 1 fully saturated rings. The zero-order valence-electron chi connectivity index (χ0n) is 14.0. The third kappa shape index (κ3) is 6.04. The largest absolute Gasteiger partial charge is 0.369 e. The molecular weight excluding hydrogens is 264 g/mol. The molecular formula is C17H30N2O2. The summed E-state index contributed by atoms with van der Waals surface area (Å²) in [4.78, 5) is 6.25. The van der Waals surface area contributed by atoms with E-state index in [0.717, 1.165) is 26.2 Å². The number of nitrogens with zero attached hydrogens (tertiary/aromatic N) is 1. The number of para-hydroxylation sites is 1. The van der Waals surface area contributed by atoms with Crippen molar-refractivity contribution in [2.45, 2.75) is 46.1 Å². The van der Waals surface area contributed by atoms with Gasteiger partial charge in [-0.3, -0.25) is 5.26 Å². The van der Waals surface area contributed by atoms with Gasteiger partial charge in [-0.2, -0.15) is 0 Å². The van der Waals surface area contributed by atoms with Crippen molar-refractivity contribution in [1.29, 1.82) is 0 Å². The van der Waals surface area contributed by atoms with E-state index >= 15 is 0 Å². The molecule has 2 rings (SSSR count). The molecule has 0 amide bonds. The molecule has 1 aromatic carbocycles. The van der Waals surface area contributed by atoms with Crippen molar-refractivity contribution in [3.8, 4) is 0 Å². The monoisotopic (exact) mass is 294 g/mol. The molecule has 0 unspecified atom stereocenters. The van der Waals surface area contributed by atoms with Gasteiger partial charge in [-0.05, 0) is 30.9 Å². The van der Waals surface area contributed by atoms with Gasteiger partial charge in [0, 0.05) is 31.9 Å². The third-order valence-electron chi connectivity index (χ3n) is 3.38. The third-order valence-corrected chi connectivity index (χ3v) is 3.38. The Hall–Kier alpha value is -1.10. The van der Waals surface area contributed by atoms with E-state index < -0.39 is 0 Å². The van der Waals surface area contributed by atoms with Crippen LogP contribution in [0.4, 0.5) is 5.69 Å². The van der Waals surface area contributed by atoms with Gasteiger partial charge >= 0.3 is 0 Å². The first-order valence-electron chi connectivity index (χ1n) is 7.71. The minimum atomic E-state index is -0.0602. The number of rotatable bonds is 2. The lowest BCUT2D eigenvalue weighted by atomic mass is 9.85. The molecule has 0 aliphatic carbocycles. The van der Waals surface area contributed by atoms with Crippen LogP contribution in [0.2, 0.25) is 0 Å². The topological polar surface area (TPSA) is 44.7 Å². The summed E-state index contributed by atoms with van der Waals surface area (Å²) in [7, 11) is 0. The highest BCUT2D eigenvalue weighted by Gasteiger charge is 2.21. The number of hydrogen-bond donors (Lipinski definition) is 2. The van der Waals surface area contributed by atoms with Crippen molar-refractivity contribution in [1.82, 2.24) is 5.32 Å². The van der Waals surface area contributed by atoms with E-state index in [1.807, 2.05) is 0 Å². The first-order chi connectivity index (χ1) is 9.86. The van der Waals surface area contributed by atoms with Gasteiger partial charge in [0.2, 0.25) is 0 Å². The Bertz CT molecular complexity index is 407. The maximum atomic E-state index is 7.64. The summed E-state index contributed by atoms with van der Waals surface area (Å²) in [5.74, 6) is 0. The van der Waals surface area contributed by atoms with E-state index in [4.69, 9.17) is 5.26 Å². The molecule has 2 N–H and O–H groups in total. The van der Waals surface area contributed by atoms with E-state index in [0.29, 0.717) is 0 Å². The highest BCUT2D eigenvalue weighted by Crippen LogP contribution is 2.31. The Labute approximate surface area is 129 Å². The summed E-state index contributed by atoms with van der Waals surface area (Å²) < 4.78 is 0. The van der Waals surface area contributed by atoms with Crippen LogP contribution < -0.4 is 10.2 Å². The van der Waals surface area contributed by atoms with Crippen LogP contribution in [0.25, 0.3) is 0 Å². The average Bonchev–Trinajstić information content (AvgIpc) is 2.48. The summed E-state index contributed by atoms with van der Waals surface area (Å²) >= 11 is 0. The van der Waals surface area contributed by atoms with Gasteiger partial charge in [-0.1, -0.05) is 39.0 Å². The summed E-state index contributed by atoms with van der Waals surface area (Å²) in [5.41, 5.74) is 3.09. The number of nitrogens with one attached hydrogen (secondary N) is 1. The molecule has 0 bridgehead atoms. The van der Waals surface area contributed by atoms with Gasteiger partial charge in [-0.25, -0.2) is 4.89 Å². The fraction of sp³-hybridized carbons (Fsp3) is 0.647. The minimum Gasteiger partial charge on any atom is -0.369 e. The Kier molecular flexibility index (Phi) is 7.15.